The van der Waals surface area contributed by atoms with Gasteiger partial charge in [0, 0.05) is 23.0 Å². The molecule has 0 fully saturated rings. The largest absolute Gasteiger partial charge is 0.497 e. The number of methoxy groups -OCH3 is 1. The fourth-order valence-corrected chi connectivity index (χ4v) is 3.35. The van der Waals surface area contributed by atoms with E-state index in [4.69, 9.17) is 16.3 Å². The molecule has 1 N–H and O–H groups in total. The highest BCUT2D eigenvalue weighted by Gasteiger charge is 2.25. The molecule has 1 aliphatic rings. The number of aromatic amines is 1. The van der Waals surface area contributed by atoms with Gasteiger partial charge in [0.1, 0.15) is 10.9 Å². The number of nitrogens with one attached hydrogen (secondary N) is 1. The summed E-state index contributed by atoms with van der Waals surface area (Å²) >= 11 is 6.11. The summed E-state index contributed by atoms with van der Waals surface area (Å²) in [5.41, 5.74) is 4.53. The monoisotopic (exact) mass is 315 g/mol. The number of hydrogen-bond donors (Lipinski definition) is 1. The van der Waals surface area contributed by atoms with E-state index < -0.39 is 0 Å². The molecule has 6 heteroatoms. The number of nitrogens with zero attached hydrogens (tertiary/aromatic N) is 2. The van der Waals surface area contributed by atoms with Crippen LogP contribution in [0.25, 0.3) is 22.3 Å². The number of benzene rings is 1. The smallest absolute Gasteiger partial charge is 0.349 e. The van der Waals surface area contributed by atoms with Crippen molar-refractivity contribution in [2.45, 2.75) is 19.9 Å². The highest BCUT2D eigenvalue weighted by Crippen LogP contribution is 2.37. The van der Waals surface area contributed by atoms with Gasteiger partial charge in [-0.2, -0.15) is 4.98 Å². The lowest BCUT2D eigenvalue weighted by Crippen LogP contribution is -2.29. The molecule has 0 spiro atoms. The fraction of sp³-hybridized carbons (Fsp3) is 0.250. The van der Waals surface area contributed by atoms with Gasteiger partial charge in [0.05, 0.1) is 18.5 Å². The maximum Gasteiger partial charge on any atom is 0.349 e. The molecule has 3 aromatic rings. The Morgan fingerprint density at radius 1 is 1.41 bits per heavy atom. The number of rotatable bonds is 1. The molecular weight excluding hydrogens is 302 g/mol. The lowest BCUT2D eigenvalue weighted by molar-refractivity contribution is 0.415. The van der Waals surface area contributed by atoms with Crippen molar-refractivity contribution >= 4 is 22.5 Å². The lowest BCUT2D eigenvalue weighted by atomic mass is 10.00. The standard InChI is InChI=1S/C16H14ClN3O2/c1-8-14-13-10(5-6-20(14)16(21)19-15(8)17)11-7-9(22-2)3-4-12(11)18-13/h3-4,7,18H,5-6H2,1-2H3. The van der Waals surface area contributed by atoms with Gasteiger partial charge in [-0.25, -0.2) is 4.79 Å². The van der Waals surface area contributed by atoms with Crippen LogP contribution in [0.4, 0.5) is 0 Å². The van der Waals surface area contributed by atoms with Gasteiger partial charge >= 0.3 is 5.69 Å². The summed E-state index contributed by atoms with van der Waals surface area (Å²) in [7, 11) is 1.66. The normalized spacial score (nSPS) is 13.0. The summed E-state index contributed by atoms with van der Waals surface area (Å²) in [4.78, 5) is 19.4. The van der Waals surface area contributed by atoms with Crippen LogP contribution in [0.1, 0.15) is 11.1 Å². The minimum atomic E-state index is -0.299. The Kier molecular flexibility index (Phi) is 2.81. The quantitative estimate of drug-likeness (QED) is 0.702. The predicted octanol–water partition coefficient (Wildman–Crippen LogP) is 2.92. The van der Waals surface area contributed by atoms with Crippen LogP contribution in [0.15, 0.2) is 23.0 Å². The maximum atomic E-state index is 12.1. The Labute approximate surface area is 131 Å². The first-order valence-corrected chi connectivity index (χ1v) is 7.44. The van der Waals surface area contributed by atoms with E-state index in [0.717, 1.165) is 40.0 Å². The highest BCUT2D eigenvalue weighted by molar-refractivity contribution is 6.30. The Hall–Kier alpha value is -2.27. The molecule has 0 saturated heterocycles. The molecule has 4 rings (SSSR count). The van der Waals surface area contributed by atoms with E-state index in [0.29, 0.717) is 6.54 Å². The molecule has 1 aromatic carbocycles. The van der Waals surface area contributed by atoms with Crippen LogP contribution in [0.2, 0.25) is 5.15 Å². The summed E-state index contributed by atoms with van der Waals surface area (Å²) in [6.07, 6.45) is 0.776. The molecule has 0 aliphatic carbocycles. The molecule has 5 nitrogen and oxygen atoms in total. The molecule has 3 heterocycles. The number of aryl methyl sites for hydroxylation is 1. The average molecular weight is 316 g/mol. The SMILES string of the molecule is COc1ccc2[nH]c3c(c2c1)CCn1c-3c(C)c(Cl)nc1=O. The van der Waals surface area contributed by atoms with Crippen molar-refractivity contribution in [1.29, 1.82) is 0 Å². The second-order valence-corrected chi connectivity index (χ2v) is 5.81. The van der Waals surface area contributed by atoms with Crippen LogP contribution in [0, 0.1) is 6.92 Å². The Bertz CT molecular complexity index is 972. The third-order valence-corrected chi connectivity index (χ3v) is 4.66. The number of fused-ring (bicyclic) bond motifs is 5. The third kappa shape index (κ3) is 1.72. The second kappa shape index (κ2) is 4.61. The minimum Gasteiger partial charge on any atom is -0.497 e. The predicted molar refractivity (Wildman–Crippen MR) is 85.8 cm³/mol. The summed E-state index contributed by atoms with van der Waals surface area (Å²) in [6.45, 7) is 2.50. The third-order valence-electron chi connectivity index (χ3n) is 4.29. The van der Waals surface area contributed by atoms with Crippen LogP contribution in [0.3, 0.4) is 0 Å². The van der Waals surface area contributed by atoms with E-state index in [2.05, 4.69) is 9.97 Å². The first-order chi connectivity index (χ1) is 10.6. The van der Waals surface area contributed by atoms with Gasteiger partial charge in [-0.1, -0.05) is 11.6 Å². The minimum absolute atomic E-state index is 0.264. The topological polar surface area (TPSA) is 59.9 Å². The van der Waals surface area contributed by atoms with Crippen molar-refractivity contribution in [2.75, 3.05) is 7.11 Å². The molecule has 0 bridgehead atoms. The molecule has 0 unspecified atom stereocenters. The summed E-state index contributed by atoms with van der Waals surface area (Å²) in [5, 5.41) is 1.39. The van der Waals surface area contributed by atoms with Crippen molar-refractivity contribution in [2.24, 2.45) is 0 Å². The fourth-order valence-electron chi connectivity index (χ4n) is 3.19. The van der Waals surface area contributed by atoms with E-state index in [1.165, 1.54) is 5.56 Å². The van der Waals surface area contributed by atoms with E-state index in [1.54, 1.807) is 11.7 Å². The van der Waals surface area contributed by atoms with Crippen LogP contribution in [-0.4, -0.2) is 21.6 Å². The Morgan fingerprint density at radius 2 is 2.23 bits per heavy atom. The number of hydrogen-bond acceptors (Lipinski definition) is 3. The van der Waals surface area contributed by atoms with Crippen LogP contribution in [-0.2, 0) is 13.0 Å². The number of ether oxygens (including phenoxy) is 1. The zero-order chi connectivity index (χ0) is 15.4. The van der Waals surface area contributed by atoms with Gasteiger partial charge in [-0.3, -0.25) is 4.57 Å². The van der Waals surface area contributed by atoms with Gasteiger partial charge < -0.3 is 9.72 Å². The first kappa shape index (κ1) is 13.4. The Morgan fingerprint density at radius 3 is 3.00 bits per heavy atom. The molecule has 1 aliphatic heterocycles. The van der Waals surface area contributed by atoms with E-state index >= 15 is 0 Å². The van der Waals surface area contributed by atoms with Gasteiger partial charge in [0.25, 0.3) is 0 Å². The van der Waals surface area contributed by atoms with Gasteiger partial charge in [-0.15, -0.1) is 0 Å². The van der Waals surface area contributed by atoms with Crippen molar-refractivity contribution in [1.82, 2.24) is 14.5 Å². The molecule has 2 aromatic heterocycles. The number of aromatic nitrogens is 3. The Balaban J connectivity index is 2.09. The molecule has 0 atom stereocenters. The molecule has 22 heavy (non-hydrogen) atoms. The van der Waals surface area contributed by atoms with Crippen LogP contribution >= 0.6 is 11.6 Å². The van der Waals surface area contributed by atoms with Crippen LogP contribution < -0.4 is 10.4 Å². The number of H-pyrrole nitrogens is 1. The molecule has 0 amide bonds. The zero-order valence-electron chi connectivity index (χ0n) is 12.2. The van der Waals surface area contributed by atoms with E-state index in [-0.39, 0.29) is 10.8 Å². The van der Waals surface area contributed by atoms with Gasteiger partial charge in [0.15, 0.2) is 0 Å². The molecule has 112 valence electrons. The highest BCUT2D eigenvalue weighted by atomic mass is 35.5. The zero-order valence-corrected chi connectivity index (χ0v) is 13.0. The summed E-state index contributed by atoms with van der Waals surface area (Å²) in [6, 6.07) is 5.94. The maximum absolute atomic E-state index is 12.1. The number of halogens is 1. The molecule has 0 radical (unpaired) electrons. The molecular formula is C16H14ClN3O2. The second-order valence-electron chi connectivity index (χ2n) is 5.45. The van der Waals surface area contributed by atoms with E-state index in [1.807, 2.05) is 25.1 Å². The summed E-state index contributed by atoms with van der Waals surface area (Å²) in [5.74, 6) is 0.821. The van der Waals surface area contributed by atoms with Crippen LogP contribution in [0.5, 0.6) is 5.75 Å². The van der Waals surface area contributed by atoms with Crippen molar-refractivity contribution < 1.29 is 4.74 Å². The van der Waals surface area contributed by atoms with Crippen molar-refractivity contribution in [3.63, 3.8) is 0 Å². The van der Waals surface area contributed by atoms with Gasteiger partial charge in [-0.05, 0) is 37.1 Å². The van der Waals surface area contributed by atoms with Gasteiger partial charge in [0.2, 0.25) is 0 Å². The molecule has 0 saturated carbocycles. The van der Waals surface area contributed by atoms with E-state index in [9.17, 15) is 4.79 Å². The van der Waals surface area contributed by atoms with Crippen molar-refractivity contribution in [3.05, 3.63) is 45.0 Å². The lowest BCUT2D eigenvalue weighted by Gasteiger charge is -2.20. The average Bonchev–Trinajstić information content (AvgIpc) is 2.89. The van der Waals surface area contributed by atoms with Crippen molar-refractivity contribution in [3.8, 4) is 17.1 Å². The summed E-state index contributed by atoms with van der Waals surface area (Å²) < 4.78 is 7.00. The first-order valence-electron chi connectivity index (χ1n) is 7.06.